The molecule has 3 aromatic rings. The molecule has 0 saturated carbocycles. The van der Waals surface area contributed by atoms with Gasteiger partial charge >= 0.3 is 0 Å². The summed E-state index contributed by atoms with van der Waals surface area (Å²) in [6.45, 7) is 17.7. The smallest absolute Gasteiger partial charge is 0.0666 e. The normalized spacial score (nSPS) is 23.8. The second-order valence-corrected chi connectivity index (χ2v) is 11.4. The maximum absolute atomic E-state index is 10.9. The first-order chi connectivity index (χ1) is 13.7. The molecule has 0 atom stereocenters. The minimum atomic E-state index is -0.408. The lowest BCUT2D eigenvalue weighted by Gasteiger charge is -2.37. The van der Waals surface area contributed by atoms with Gasteiger partial charge in [0.05, 0.1) is 11.1 Å². The van der Waals surface area contributed by atoms with Crippen LogP contribution in [0.1, 0.15) is 77.6 Å². The van der Waals surface area contributed by atoms with Crippen LogP contribution in [0.25, 0.3) is 21.5 Å². The van der Waals surface area contributed by atoms with Crippen LogP contribution in [0.4, 0.5) is 0 Å². The fourth-order valence-corrected chi connectivity index (χ4v) is 6.11. The fourth-order valence-electron chi connectivity index (χ4n) is 6.11. The molecule has 30 heavy (non-hydrogen) atoms. The van der Waals surface area contributed by atoms with Gasteiger partial charge in [-0.3, -0.25) is 4.90 Å². The van der Waals surface area contributed by atoms with Crippen LogP contribution in [0.5, 0.6) is 0 Å². The number of hydrogen-bond acceptors (Lipinski definition) is 3. The third-order valence-corrected chi connectivity index (χ3v) is 8.44. The number of benzene rings is 3. The summed E-state index contributed by atoms with van der Waals surface area (Å²) < 4.78 is 0. The molecule has 0 amide bonds. The van der Waals surface area contributed by atoms with Crippen molar-refractivity contribution in [1.29, 1.82) is 0 Å². The lowest BCUT2D eigenvalue weighted by Crippen LogP contribution is -2.42. The third-order valence-electron chi connectivity index (χ3n) is 8.44. The largest absolute Gasteiger partial charge is 0.312 e. The van der Waals surface area contributed by atoms with Gasteiger partial charge < -0.3 is 5.21 Å². The minimum Gasteiger partial charge on any atom is -0.312 e. The van der Waals surface area contributed by atoms with E-state index >= 15 is 0 Å². The van der Waals surface area contributed by atoms with Crippen molar-refractivity contribution < 1.29 is 5.21 Å². The molecule has 1 N–H and O–H groups in total. The van der Waals surface area contributed by atoms with E-state index in [1.165, 1.54) is 48.9 Å². The Bertz CT molecular complexity index is 1050. The number of hydrogen-bond donors (Lipinski definition) is 1. The summed E-state index contributed by atoms with van der Waals surface area (Å²) in [7, 11) is 2.23. The number of rotatable bonds is 0. The number of nitrogens with zero attached hydrogens (tertiary/aromatic N) is 2. The highest BCUT2D eigenvalue weighted by Gasteiger charge is 2.49. The van der Waals surface area contributed by atoms with Gasteiger partial charge in [0.15, 0.2) is 0 Å². The summed E-state index contributed by atoms with van der Waals surface area (Å²) in [6, 6.07) is 14.0. The Balaban J connectivity index is 1.81. The van der Waals surface area contributed by atoms with Crippen LogP contribution in [0, 0.1) is 0 Å². The molecule has 0 unspecified atom stereocenters. The Morgan fingerprint density at radius 1 is 0.500 bits per heavy atom. The van der Waals surface area contributed by atoms with Gasteiger partial charge in [-0.15, -0.1) is 0 Å². The van der Waals surface area contributed by atoms with Crippen molar-refractivity contribution in [2.24, 2.45) is 0 Å². The van der Waals surface area contributed by atoms with Crippen molar-refractivity contribution in [3.8, 4) is 0 Å². The highest BCUT2D eigenvalue weighted by atomic mass is 16.5. The Morgan fingerprint density at radius 3 is 1.07 bits per heavy atom. The molecule has 0 spiro atoms. The Kier molecular flexibility index (Phi) is 3.63. The van der Waals surface area contributed by atoms with Gasteiger partial charge in [0, 0.05) is 11.1 Å². The molecule has 2 heterocycles. The van der Waals surface area contributed by atoms with E-state index in [1.54, 1.807) is 0 Å². The average Bonchev–Trinajstić information content (AvgIpc) is 2.88. The summed E-state index contributed by atoms with van der Waals surface area (Å²) in [6.07, 6.45) is 0. The van der Waals surface area contributed by atoms with E-state index in [0.29, 0.717) is 0 Å². The maximum Gasteiger partial charge on any atom is 0.0666 e. The van der Waals surface area contributed by atoms with Crippen LogP contribution < -0.4 is 0 Å². The van der Waals surface area contributed by atoms with Gasteiger partial charge in [-0.05, 0) is 143 Å². The van der Waals surface area contributed by atoms with Crippen LogP contribution >= 0.6 is 0 Å². The van der Waals surface area contributed by atoms with Crippen LogP contribution in [-0.4, -0.2) is 22.2 Å². The summed E-state index contributed by atoms with van der Waals surface area (Å²) >= 11 is 0. The van der Waals surface area contributed by atoms with Crippen molar-refractivity contribution in [2.45, 2.75) is 77.5 Å². The van der Waals surface area contributed by atoms with Crippen molar-refractivity contribution in [1.82, 2.24) is 9.96 Å². The van der Waals surface area contributed by atoms with Gasteiger partial charge in [0.2, 0.25) is 0 Å². The molecule has 0 fully saturated rings. The topological polar surface area (TPSA) is 26.7 Å². The van der Waals surface area contributed by atoms with E-state index in [-0.39, 0.29) is 11.1 Å². The van der Waals surface area contributed by atoms with Gasteiger partial charge in [-0.2, -0.15) is 5.06 Å². The third kappa shape index (κ3) is 2.21. The summed E-state index contributed by atoms with van der Waals surface area (Å²) in [4.78, 5) is 2.48. The second kappa shape index (κ2) is 5.45. The molecule has 0 radical (unpaired) electrons. The summed E-state index contributed by atoms with van der Waals surface area (Å²) in [5.41, 5.74) is 4.46. The molecule has 158 valence electrons. The van der Waals surface area contributed by atoms with Gasteiger partial charge in [0.25, 0.3) is 0 Å². The van der Waals surface area contributed by atoms with Crippen LogP contribution in [0.3, 0.4) is 0 Å². The standard InChI is InChI=1S/C27H34N2O/c1-24(2)20-12-16-10-18-14-22-23(27(7,8)29(30)26(22,5)6)15-19(18)11-17(16)13-21(20)25(3,4)28(24)9/h10-15,30H,1-9H3. The Morgan fingerprint density at radius 2 is 0.767 bits per heavy atom. The minimum absolute atomic E-state index is 0.00329. The molecule has 0 bridgehead atoms. The zero-order chi connectivity index (χ0) is 22.0. The van der Waals surface area contributed by atoms with Crippen LogP contribution in [-0.2, 0) is 22.2 Å². The number of fused-ring (bicyclic) bond motifs is 4. The van der Waals surface area contributed by atoms with E-state index < -0.39 is 11.1 Å². The van der Waals surface area contributed by atoms with E-state index in [2.05, 4.69) is 104 Å². The molecule has 0 saturated heterocycles. The molecule has 0 aliphatic carbocycles. The van der Waals surface area contributed by atoms with Crippen molar-refractivity contribution in [3.05, 3.63) is 58.7 Å². The molecule has 3 aromatic carbocycles. The van der Waals surface area contributed by atoms with E-state index in [0.717, 1.165) is 0 Å². The van der Waals surface area contributed by atoms with E-state index in [1.807, 2.05) is 0 Å². The Hall–Kier alpha value is -1.94. The van der Waals surface area contributed by atoms with Crippen LogP contribution in [0.2, 0.25) is 0 Å². The molecule has 5 rings (SSSR count). The zero-order valence-corrected chi connectivity index (χ0v) is 19.8. The van der Waals surface area contributed by atoms with Crippen molar-refractivity contribution in [2.75, 3.05) is 7.05 Å². The van der Waals surface area contributed by atoms with E-state index in [9.17, 15) is 5.21 Å². The summed E-state index contributed by atoms with van der Waals surface area (Å²) in [5.74, 6) is 0. The van der Waals surface area contributed by atoms with Gasteiger partial charge in [-0.1, -0.05) is 0 Å². The molecule has 3 nitrogen and oxygen atoms in total. The first kappa shape index (κ1) is 20.0. The van der Waals surface area contributed by atoms with Crippen molar-refractivity contribution in [3.63, 3.8) is 0 Å². The average molecular weight is 403 g/mol. The van der Waals surface area contributed by atoms with E-state index in [4.69, 9.17) is 0 Å². The lowest BCUT2D eigenvalue weighted by molar-refractivity contribution is -0.216. The molecule has 0 aromatic heterocycles. The second-order valence-electron chi connectivity index (χ2n) is 11.4. The van der Waals surface area contributed by atoms with Crippen LogP contribution in [0.15, 0.2) is 36.4 Å². The number of hydroxylamine groups is 2. The quantitative estimate of drug-likeness (QED) is 0.430. The molecule has 2 aliphatic heterocycles. The zero-order valence-electron chi connectivity index (χ0n) is 19.8. The first-order valence-electron chi connectivity index (χ1n) is 11.0. The summed E-state index contributed by atoms with van der Waals surface area (Å²) in [5, 5.41) is 17.5. The predicted octanol–water partition coefficient (Wildman–Crippen LogP) is 6.58. The molecule has 3 heteroatoms. The molecular formula is C27H34N2O. The SMILES string of the molecule is CN1C(C)(C)c2cc3cc4cc5c(cc4cc3cc2C1(C)C)C(C)(C)N(O)C5(C)C. The fraction of sp³-hybridized carbons (Fsp3) is 0.481. The van der Waals surface area contributed by atoms with Gasteiger partial charge in [-0.25, -0.2) is 0 Å². The Labute approximate surface area is 180 Å². The molecular weight excluding hydrogens is 368 g/mol. The molecule has 2 aliphatic rings. The highest BCUT2D eigenvalue weighted by molar-refractivity contribution is 6.00. The first-order valence-corrected chi connectivity index (χ1v) is 11.0. The predicted molar refractivity (Wildman–Crippen MR) is 125 cm³/mol. The monoisotopic (exact) mass is 402 g/mol. The van der Waals surface area contributed by atoms with Crippen molar-refractivity contribution >= 4 is 21.5 Å². The van der Waals surface area contributed by atoms with Gasteiger partial charge in [0.1, 0.15) is 0 Å². The maximum atomic E-state index is 10.9. The highest BCUT2D eigenvalue weighted by Crippen LogP contribution is 2.51. The lowest BCUT2D eigenvalue weighted by atomic mass is 9.85.